The van der Waals surface area contributed by atoms with Crippen LogP contribution in [0.1, 0.15) is 55.3 Å². The van der Waals surface area contributed by atoms with Crippen molar-refractivity contribution in [2.45, 2.75) is 51.7 Å². The Balaban J connectivity index is 1.76. The number of hydrogen-bond donors (Lipinski definition) is 2. The van der Waals surface area contributed by atoms with Gasteiger partial charge in [0, 0.05) is 24.8 Å². The highest BCUT2D eigenvalue weighted by Gasteiger charge is 2.33. The Bertz CT molecular complexity index is 500. The Morgan fingerprint density at radius 2 is 2.10 bits per heavy atom. The smallest absolute Gasteiger partial charge is 0.120 e. The second kappa shape index (κ2) is 5.38. The molecule has 0 aromatic heterocycles. The predicted octanol–water partition coefficient (Wildman–Crippen LogP) is 3.26. The van der Waals surface area contributed by atoms with Gasteiger partial charge in [-0.1, -0.05) is 13.0 Å². The fraction of sp³-hybridized carbons (Fsp3) is 0.647. The number of aromatic hydroxyl groups is 1. The summed E-state index contributed by atoms with van der Waals surface area (Å²) in [7, 11) is 0. The third-order valence-electron chi connectivity index (χ3n) is 5.07. The van der Waals surface area contributed by atoms with Crippen molar-refractivity contribution in [2.75, 3.05) is 13.2 Å². The first kappa shape index (κ1) is 13.9. The maximum absolute atomic E-state index is 10.2. The number of aryl methyl sites for hydroxylation is 1. The van der Waals surface area contributed by atoms with Crippen molar-refractivity contribution in [3.05, 3.63) is 28.8 Å². The monoisotopic (exact) mass is 275 g/mol. The van der Waals surface area contributed by atoms with E-state index in [0.717, 1.165) is 31.6 Å². The number of phenols is 1. The van der Waals surface area contributed by atoms with E-state index in [-0.39, 0.29) is 6.04 Å². The fourth-order valence-electron chi connectivity index (χ4n) is 3.87. The van der Waals surface area contributed by atoms with Gasteiger partial charge in [0.15, 0.2) is 0 Å². The van der Waals surface area contributed by atoms with E-state index in [1.807, 2.05) is 12.1 Å². The first-order chi connectivity index (χ1) is 9.58. The van der Waals surface area contributed by atoms with Crippen LogP contribution in [0.5, 0.6) is 5.75 Å². The topological polar surface area (TPSA) is 41.5 Å². The van der Waals surface area contributed by atoms with Crippen molar-refractivity contribution in [1.82, 2.24) is 5.32 Å². The van der Waals surface area contributed by atoms with Gasteiger partial charge < -0.3 is 15.2 Å². The van der Waals surface area contributed by atoms with Crippen LogP contribution in [0.15, 0.2) is 12.1 Å². The fourth-order valence-corrected chi connectivity index (χ4v) is 3.87. The summed E-state index contributed by atoms with van der Waals surface area (Å²) < 4.78 is 5.62. The van der Waals surface area contributed by atoms with E-state index in [1.165, 1.54) is 11.1 Å². The molecule has 3 nitrogen and oxygen atoms in total. The number of phenolic OH excluding ortho intramolecular Hbond substituents is 1. The lowest BCUT2D eigenvalue weighted by atomic mass is 9.97. The summed E-state index contributed by atoms with van der Waals surface area (Å²) in [5.74, 6) is 1.57. The van der Waals surface area contributed by atoms with Gasteiger partial charge in [-0.05, 0) is 55.7 Å². The maximum Gasteiger partial charge on any atom is 0.120 e. The van der Waals surface area contributed by atoms with Gasteiger partial charge in [-0.25, -0.2) is 0 Å². The number of rotatable bonds is 3. The highest BCUT2D eigenvalue weighted by atomic mass is 16.5. The first-order valence-corrected chi connectivity index (χ1v) is 7.75. The largest absolute Gasteiger partial charge is 0.508 e. The molecule has 1 heterocycles. The van der Waals surface area contributed by atoms with Crippen LogP contribution >= 0.6 is 0 Å². The molecule has 1 aromatic carbocycles. The molecule has 1 aliphatic heterocycles. The third kappa shape index (κ3) is 2.33. The molecule has 1 fully saturated rings. The Labute approximate surface area is 121 Å². The molecule has 1 aliphatic carbocycles. The molecule has 1 aromatic rings. The van der Waals surface area contributed by atoms with Crippen LogP contribution in [-0.2, 0) is 4.74 Å². The van der Waals surface area contributed by atoms with Crippen molar-refractivity contribution in [1.29, 1.82) is 0 Å². The number of hydrogen-bond acceptors (Lipinski definition) is 3. The molecular formula is C17H25NO2. The van der Waals surface area contributed by atoms with Crippen LogP contribution in [0.2, 0.25) is 0 Å². The molecule has 4 atom stereocenters. The summed E-state index contributed by atoms with van der Waals surface area (Å²) in [5, 5.41) is 13.9. The zero-order valence-electron chi connectivity index (χ0n) is 12.6. The molecule has 0 amide bonds. The van der Waals surface area contributed by atoms with Crippen LogP contribution in [0.25, 0.3) is 0 Å². The molecule has 110 valence electrons. The Morgan fingerprint density at radius 1 is 1.30 bits per heavy atom. The molecule has 0 spiro atoms. The van der Waals surface area contributed by atoms with Crippen molar-refractivity contribution in [3.63, 3.8) is 0 Å². The normalized spacial score (nSPS) is 32.5. The molecule has 20 heavy (non-hydrogen) atoms. The third-order valence-corrected chi connectivity index (χ3v) is 5.07. The predicted molar refractivity (Wildman–Crippen MR) is 80.1 cm³/mol. The molecule has 1 saturated heterocycles. The quantitative estimate of drug-likeness (QED) is 0.889. The lowest BCUT2D eigenvalue weighted by Gasteiger charge is -2.20. The number of benzene rings is 1. The summed E-state index contributed by atoms with van der Waals surface area (Å²) in [6, 6.07) is 4.15. The Hall–Kier alpha value is -1.06. The minimum Gasteiger partial charge on any atom is -0.508 e. The van der Waals surface area contributed by atoms with Crippen molar-refractivity contribution in [3.8, 4) is 5.75 Å². The van der Waals surface area contributed by atoms with E-state index in [0.29, 0.717) is 23.7 Å². The number of ether oxygens (including phenoxy) is 1. The standard InChI is InChI=1S/C17H25NO2/c1-10-4-5-15(19)17-14(8-11(2)16(10)17)18-9-13-6-7-20-12(13)3/h4-5,11-14,18-19H,6-9H2,1-3H3. The van der Waals surface area contributed by atoms with Gasteiger partial charge in [0.2, 0.25) is 0 Å². The molecule has 3 heteroatoms. The van der Waals surface area contributed by atoms with E-state index in [1.54, 1.807) is 0 Å². The molecule has 3 rings (SSSR count). The summed E-state index contributed by atoms with van der Waals surface area (Å²) in [6.07, 6.45) is 2.57. The van der Waals surface area contributed by atoms with Gasteiger partial charge in [-0.3, -0.25) is 0 Å². The summed E-state index contributed by atoms with van der Waals surface area (Å²) in [4.78, 5) is 0. The van der Waals surface area contributed by atoms with Crippen molar-refractivity contribution >= 4 is 0 Å². The van der Waals surface area contributed by atoms with E-state index in [4.69, 9.17) is 4.74 Å². The summed E-state index contributed by atoms with van der Waals surface area (Å²) in [6.45, 7) is 8.42. The van der Waals surface area contributed by atoms with Gasteiger partial charge in [0.1, 0.15) is 5.75 Å². The molecule has 0 bridgehead atoms. The highest BCUT2D eigenvalue weighted by molar-refractivity contribution is 5.50. The Kier molecular flexibility index (Phi) is 3.74. The molecule has 4 unspecified atom stereocenters. The summed E-state index contributed by atoms with van der Waals surface area (Å²) >= 11 is 0. The van der Waals surface area contributed by atoms with Gasteiger partial charge >= 0.3 is 0 Å². The molecule has 0 saturated carbocycles. The number of nitrogens with one attached hydrogen (secondary N) is 1. The summed E-state index contributed by atoms with van der Waals surface area (Å²) in [5.41, 5.74) is 3.77. The van der Waals surface area contributed by atoms with Crippen LogP contribution in [0, 0.1) is 12.8 Å². The van der Waals surface area contributed by atoms with Gasteiger partial charge in [0.05, 0.1) is 6.10 Å². The molecule has 2 N–H and O–H groups in total. The minimum absolute atomic E-state index is 0.285. The van der Waals surface area contributed by atoms with E-state index < -0.39 is 0 Å². The SMILES string of the molecule is Cc1ccc(O)c2c1C(C)CC2NCC1CCOC1C. The minimum atomic E-state index is 0.285. The van der Waals surface area contributed by atoms with E-state index in [9.17, 15) is 5.11 Å². The van der Waals surface area contributed by atoms with Crippen LogP contribution in [0.4, 0.5) is 0 Å². The van der Waals surface area contributed by atoms with E-state index >= 15 is 0 Å². The maximum atomic E-state index is 10.2. The molecular weight excluding hydrogens is 250 g/mol. The zero-order valence-corrected chi connectivity index (χ0v) is 12.6. The highest BCUT2D eigenvalue weighted by Crippen LogP contribution is 2.46. The second-order valence-electron chi connectivity index (χ2n) is 6.45. The van der Waals surface area contributed by atoms with Crippen LogP contribution < -0.4 is 5.32 Å². The first-order valence-electron chi connectivity index (χ1n) is 7.75. The van der Waals surface area contributed by atoms with E-state index in [2.05, 4.69) is 26.1 Å². The second-order valence-corrected chi connectivity index (χ2v) is 6.45. The number of fused-ring (bicyclic) bond motifs is 1. The van der Waals surface area contributed by atoms with Crippen LogP contribution in [-0.4, -0.2) is 24.4 Å². The van der Waals surface area contributed by atoms with Gasteiger partial charge in [-0.2, -0.15) is 0 Å². The lowest BCUT2D eigenvalue weighted by Crippen LogP contribution is -2.29. The van der Waals surface area contributed by atoms with Crippen molar-refractivity contribution < 1.29 is 9.84 Å². The Morgan fingerprint density at radius 3 is 2.80 bits per heavy atom. The van der Waals surface area contributed by atoms with Gasteiger partial charge in [-0.15, -0.1) is 0 Å². The lowest BCUT2D eigenvalue weighted by molar-refractivity contribution is 0.105. The average Bonchev–Trinajstić information content (AvgIpc) is 2.96. The zero-order chi connectivity index (χ0) is 14.3. The molecule has 0 radical (unpaired) electrons. The van der Waals surface area contributed by atoms with Crippen LogP contribution in [0.3, 0.4) is 0 Å². The van der Waals surface area contributed by atoms with Crippen molar-refractivity contribution in [2.24, 2.45) is 5.92 Å². The van der Waals surface area contributed by atoms with Gasteiger partial charge in [0.25, 0.3) is 0 Å². The molecule has 2 aliphatic rings. The average molecular weight is 275 g/mol.